The molecular weight excluding hydrogens is 170 g/mol. The Morgan fingerprint density at radius 3 is 2.62 bits per heavy atom. The lowest BCUT2D eigenvalue weighted by Gasteiger charge is -2.13. The SMILES string of the molecule is Cc1ncc(CO)c([C@@H](C)O)c1O. The van der Waals surface area contributed by atoms with Gasteiger partial charge >= 0.3 is 0 Å². The zero-order valence-electron chi connectivity index (χ0n) is 7.65. The molecule has 0 spiro atoms. The third-order valence-electron chi connectivity index (χ3n) is 1.95. The lowest BCUT2D eigenvalue weighted by atomic mass is 10.0. The summed E-state index contributed by atoms with van der Waals surface area (Å²) in [5, 5.41) is 27.8. The molecule has 0 saturated carbocycles. The molecule has 0 amide bonds. The number of pyridine rings is 1. The van der Waals surface area contributed by atoms with Gasteiger partial charge in [-0.05, 0) is 13.8 Å². The first-order valence-electron chi connectivity index (χ1n) is 4.04. The van der Waals surface area contributed by atoms with Crippen LogP contribution in [0.1, 0.15) is 29.8 Å². The van der Waals surface area contributed by atoms with Crippen LogP contribution in [0, 0.1) is 6.92 Å². The highest BCUT2D eigenvalue weighted by molar-refractivity contribution is 5.41. The fourth-order valence-corrected chi connectivity index (χ4v) is 1.24. The number of aliphatic hydroxyl groups excluding tert-OH is 2. The van der Waals surface area contributed by atoms with Gasteiger partial charge in [0, 0.05) is 17.3 Å². The Hall–Kier alpha value is -1.13. The number of aromatic nitrogens is 1. The van der Waals surface area contributed by atoms with E-state index in [0.717, 1.165) is 0 Å². The second kappa shape index (κ2) is 3.72. The number of aliphatic hydroxyl groups is 2. The van der Waals surface area contributed by atoms with Gasteiger partial charge in [-0.1, -0.05) is 0 Å². The first kappa shape index (κ1) is 9.95. The van der Waals surface area contributed by atoms with E-state index in [0.29, 0.717) is 16.8 Å². The van der Waals surface area contributed by atoms with Crippen LogP contribution in [0.4, 0.5) is 0 Å². The van der Waals surface area contributed by atoms with Gasteiger partial charge in [0.2, 0.25) is 0 Å². The van der Waals surface area contributed by atoms with Gasteiger partial charge in [-0.15, -0.1) is 0 Å². The average molecular weight is 183 g/mol. The maximum absolute atomic E-state index is 9.55. The van der Waals surface area contributed by atoms with Gasteiger partial charge in [0.15, 0.2) is 0 Å². The highest BCUT2D eigenvalue weighted by atomic mass is 16.3. The zero-order valence-corrected chi connectivity index (χ0v) is 7.65. The maximum atomic E-state index is 9.55. The molecule has 4 heteroatoms. The number of rotatable bonds is 2. The summed E-state index contributed by atoms with van der Waals surface area (Å²) in [6.07, 6.45) is 0.653. The molecule has 1 aromatic rings. The molecule has 72 valence electrons. The van der Waals surface area contributed by atoms with Crippen molar-refractivity contribution in [2.45, 2.75) is 26.6 Å². The molecule has 0 bridgehead atoms. The number of hydrogen-bond donors (Lipinski definition) is 3. The van der Waals surface area contributed by atoms with E-state index in [-0.39, 0.29) is 12.4 Å². The fourth-order valence-electron chi connectivity index (χ4n) is 1.24. The van der Waals surface area contributed by atoms with Crippen molar-refractivity contribution in [2.75, 3.05) is 0 Å². The fraction of sp³-hybridized carbons (Fsp3) is 0.444. The van der Waals surface area contributed by atoms with Crippen molar-refractivity contribution in [3.05, 3.63) is 23.0 Å². The lowest BCUT2D eigenvalue weighted by Crippen LogP contribution is -2.02. The summed E-state index contributed by atoms with van der Waals surface area (Å²) in [7, 11) is 0. The molecule has 0 aromatic carbocycles. The molecule has 1 atom stereocenters. The predicted molar refractivity (Wildman–Crippen MR) is 47.2 cm³/mol. The van der Waals surface area contributed by atoms with Crippen LogP contribution in [0.3, 0.4) is 0 Å². The van der Waals surface area contributed by atoms with Crippen LogP contribution >= 0.6 is 0 Å². The minimum atomic E-state index is -0.802. The smallest absolute Gasteiger partial charge is 0.142 e. The Labute approximate surface area is 76.5 Å². The van der Waals surface area contributed by atoms with Crippen molar-refractivity contribution in [1.29, 1.82) is 0 Å². The summed E-state index contributed by atoms with van der Waals surface area (Å²) in [5.41, 5.74) is 1.27. The molecule has 0 radical (unpaired) electrons. The summed E-state index contributed by atoms with van der Waals surface area (Å²) >= 11 is 0. The number of aromatic hydroxyl groups is 1. The third kappa shape index (κ3) is 1.79. The van der Waals surface area contributed by atoms with Gasteiger partial charge < -0.3 is 15.3 Å². The van der Waals surface area contributed by atoms with E-state index in [1.54, 1.807) is 6.92 Å². The normalized spacial score (nSPS) is 12.9. The molecule has 4 nitrogen and oxygen atoms in total. The van der Waals surface area contributed by atoms with Crippen LogP contribution in [-0.4, -0.2) is 20.3 Å². The maximum Gasteiger partial charge on any atom is 0.142 e. The molecule has 0 aliphatic rings. The van der Waals surface area contributed by atoms with Gasteiger partial charge in [0.25, 0.3) is 0 Å². The Bertz CT molecular complexity index is 310. The Morgan fingerprint density at radius 1 is 1.54 bits per heavy atom. The molecule has 3 N–H and O–H groups in total. The van der Waals surface area contributed by atoms with Gasteiger partial charge in [-0.2, -0.15) is 0 Å². The Balaban J connectivity index is 3.32. The summed E-state index contributed by atoms with van der Waals surface area (Å²) in [6, 6.07) is 0. The minimum Gasteiger partial charge on any atom is -0.506 e. The summed E-state index contributed by atoms with van der Waals surface area (Å²) in [5.74, 6) is -0.0402. The quantitative estimate of drug-likeness (QED) is 0.629. The number of hydrogen-bond acceptors (Lipinski definition) is 4. The number of aryl methyl sites for hydroxylation is 1. The molecule has 0 fully saturated rings. The van der Waals surface area contributed by atoms with E-state index >= 15 is 0 Å². The topological polar surface area (TPSA) is 73.6 Å². The molecular formula is C9H13NO3. The molecule has 0 unspecified atom stereocenters. The average Bonchev–Trinajstić information content (AvgIpc) is 2.08. The van der Waals surface area contributed by atoms with E-state index in [1.807, 2.05) is 0 Å². The predicted octanol–water partition coefficient (Wildman–Crippen LogP) is 0.641. The van der Waals surface area contributed by atoms with Crippen LogP contribution in [-0.2, 0) is 6.61 Å². The van der Waals surface area contributed by atoms with Gasteiger partial charge in [0.1, 0.15) is 5.75 Å². The van der Waals surface area contributed by atoms with Crippen LogP contribution in [0.2, 0.25) is 0 Å². The molecule has 0 saturated heterocycles. The van der Waals surface area contributed by atoms with Crippen molar-refractivity contribution in [2.24, 2.45) is 0 Å². The minimum absolute atomic E-state index is 0.0402. The molecule has 0 aliphatic heterocycles. The molecule has 1 aromatic heterocycles. The van der Waals surface area contributed by atoms with Crippen molar-refractivity contribution in [1.82, 2.24) is 4.98 Å². The molecule has 1 heterocycles. The molecule has 1 rings (SSSR count). The second-order valence-electron chi connectivity index (χ2n) is 2.97. The first-order chi connectivity index (χ1) is 6.07. The van der Waals surface area contributed by atoms with E-state index in [4.69, 9.17) is 5.11 Å². The van der Waals surface area contributed by atoms with Gasteiger partial charge in [0.05, 0.1) is 18.4 Å². The van der Waals surface area contributed by atoms with Crippen LogP contribution in [0.15, 0.2) is 6.20 Å². The Morgan fingerprint density at radius 2 is 2.15 bits per heavy atom. The Kier molecular flexibility index (Phi) is 2.85. The van der Waals surface area contributed by atoms with E-state index in [2.05, 4.69) is 4.98 Å². The molecule has 0 aliphatic carbocycles. The highest BCUT2D eigenvalue weighted by Crippen LogP contribution is 2.29. The van der Waals surface area contributed by atoms with Crippen LogP contribution in [0.25, 0.3) is 0 Å². The summed E-state index contributed by atoms with van der Waals surface area (Å²) in [4.78, 5) is 3.87. The largest absolute Gasteiger partial charge is 0.506 e. The second-order valence-corrected chi connectivity index (χ2v) is 2.97. The van der Waals surface area contributed by atoms with E-state index in [9.17, 15) is 10.2 Å². The van der Waals surface area contributed by atoms with Crippen LogP contribution in [0.5, 0.6) is 5.75 Å². The van der Waals surface area contributed by atoms with Crippen molar-refractivity contribution in [3.8, 4) is 5.75 Å². The first-order valence-corrected chi connectivity index (χ1v) is 4.04. The van der Waals surface area contributed by atoms with Crippen molar-refractivity contribution in [3.63, 3.8) is 0 Å². The van der Waals surface area contributed by atoms with Crippen molar-refractivity contribution < 1.29 is 15.3 Å². The third-order valence-corrected chi connectivity index (χ3v) is 1.95. The van der Waals surface area contributed by atoms with Crippen LogP contribution < -0.4 is 0 Å². The van der Waals surface area contributed by atoms with Crippen molar-refractivity contribution >= 4 is 0 Å². The van der Waals surface area contributed by atoms with Gasteiger partial charge in [-0.3, -0.25) is 4.98 Å². The lowest BCUT2D eigenvalue weighted by molar-refractivity contribution is 0.188. The number of nitrogens with zero attached hydrogens (tertiary/aromatic N) is 1. The van der Waals surface area contributed by atoms with Gasteiger partial charge in [-0.25, -0.2) is 0 Å². The highest BCUT2D eigenvalue weighted by Gasteiger charge is 2.15. The zero-order chi connectivity index (χ0) is 10.0. The summed E-state index contributed by atoms with van der Waals surface area (Å²) in [6.45, 7) is 2.94. The van der Waals surface area contributed by atoms with E-state index < -0.39 is 6.10 Å². The molecule has 13 heavy (non-hydrogen) atoms. The monoisotopic (exact) mass is 183 g/mol. The van der Waals surface area contributed by atoms with E-state index in [1.165, 1.54) is 13.1 Å². The summed E-state index contributed by atoms with van der Waals surface area (Å²) < 4.78 is 0. The standard InChI is InChI=1S/C9H13NO3/c1-5-9(13)8(6(2)12)7(4-11)3-10-5/h3,6,11-13H,4H2,1-2H3/t6-/m1/s1.